The van der Waals surface area contributed by atoms with E-state index >= 15 is 0 Å². The molecule has 20 heavy (non-hydrogen) atoms. The highest BCUT2D eigenvalue weighted by Crippen LogP contribution is 2.20. The van der Waals surface area contributed by atoms with Gasteiger partial charge >= 0.3 is 5.97 Å². The van der Waals surface area contributed by atoms with Crippen LogP contribution in [0.5, 0.6) is 0 Å². The topological polar surface area (TPSA) is 59.5 Å². The van der Waals surface area contributed by atoms with Crippen molar-refractivity contribution in [2.45, 2.75) is 19.8 Å². The predicted octanol–water partition coefficient (Wildman–Crippen LogP) is 2.15. The van der Waals surface area contributed by atoms with Crippen molar-refractivity contribution in [3.05, 3.63) is 29.0 Å². The summed E-state index contributed by atoms with van der Waals surface area (Å²) in [5.74, 6) is -0.669. The van der Waals surface area contributed by atoms with Gasteiger partial charge in [0.1, 0.15) is 5.69 Å². The van der Waals surface area contributed by atoms with Crippen LogP contribution >= 0.6 is 11.6 Å². The summed E-state index contributed by atoms with van der Waals surface area (Å²) in [5, 5.41) is 0.474. The number of likely N-dealkylation sites (tertiary alicyclic amines) is 1. The number of pyridine rings is 1. The zero-order valence-corrected chi connectivity index (χ0v) is 12.1. The van der Waals surface area contributed by atoms with Crippen molar-refractivity contribution >= 4 is 23.5 Å². The molecule has 0 aliphatic carbocycles. The maximum absolute atomic E-state index is 12.3. The minimum absolute atomic E-state index is 0.193. The molecule has 0 aromatic carbocycles. The van der Waals surface area contributed by atoms with Gasteiger partial charge in [-0.2, -0.15) is 0 Å². The molecule has 0 bridgehead atoms. The molecule has 0 radical (unpaired) electrons. The van der Waals surface area contributed by atoms with E-state index in [1.165, 1.54) is 12.3 Å². The highest BCUT2D eigenvalue weighted by atomic mass is 35.5. The number of hydrogen-bond acceptors (Lipinski definition) is 4. The number of amides is 1. The average molecular weight is 297 g/mol. The first-order valence-electron chi connectivity index (χ1n) is 6.69. The first kappa shape index (κ1) is 14.8. The average Bonchev–Trinajstić information content (AvgIpc) is 2.47. The van der Waals surface area contributed by atoms with Gasteiger partial charge in [-0.25, -0.2) is 0 Å². The summed E-state index contributed by atoms with van der Waals surface area (Å²) in [4.78, 5) is 29.8. The van der Waals surface area contributed by atoms with Crippen LogP contribution in [-0.2, 0) is 9.53 Å². The van der Waals surface area contributed by atoms with E-state index in [2.05, 4.69) is 4.98 Å². The zero-order chi connectivity index (χ0) is 14.5. The number of aromatic nitrogens is 1. The van der Waals surface area contributed by atoms with Crippen molar-refractivity contribution in [3.63, 3.8) is 0 Å². The van der Waals surface area contributed by atoms with Crippen LogP contribution in [-0.4, -0.2) is 41.5 Å². The molecule has 1 aliphatic heterocycles. The van der Waals surface area contributed by atoms with E-state index < -0.39 is 0 Å². The smallest absolute Gasteiger partial charge is 0.310 e. The third-order valence-corrected chi connectivity index (χ3v) is 3.50. The van der Waals surface area contributed by atoms with E-state index in [-0.39, 0.29) is 17.8 Å². The Morgan fingerprint density at radius 1 is 1.55 bits per heavy atom. The number of halogens is 1. The molecule has 1 aromatic heterocycles. The number of hydrogen-bond donors (Lipinski definition) is 0. The van der Waals surface area contributed by atoms with Crippen molar-refractivity contribution in [2.24, 2.45) is 5.92 Å². The molecule has 1 fully saturated rings. The van der Waals surface area contributed by atoms with Crippen LogP contribution in [0.2, 0.25) is 5.02 Å². The largest absolute Gasteiger partial charge is 0.466 e. The second kappa shape index (κ2) is 6.70. The fourth-order valence-corrected chi connectivity index (χ4v) is 2.46. The summed E-state index contributed by atoms with van der Waals surface area (Å²) < 4.78 is 5.02. The minimum atomic E-state index is -0.244. The van der Waals surface area contributed by atoms with Gasteiger partial charge in [-0.15, -0.1) is 0 Å². The first-order valence-corrected chi connectivity index (χ1v) is 7.07. The SMILES string of the molecule is CCOC(=O)[C@@H]1CCCN(C(=O)c2cc(Cl)ccn2)C1. The van der Waals surface area contributed by atoms with Gasteiger partial charge in [-0.1, -0.05) is 11.6 Å². The van der Waals surface area contributed by atoms with E-state index in [9.17, 15) is 9.59 Å². The van der Waals surface area contributed by atoms with E-state index in [0.29, 0.717) is 30.4 Å². The van der Waals surface area contributed by atoms with Crippen LogP contribution in [0.3, 0.4) is 0 Å². The molecule has 1 amide bonds. The molecule has 0 N–H and O–H groups in total. The Morgan fingerprint density at radius 3 is 3.05 bits per heavy atom. The highest BCUT2D eigenvalue weighted by Gasteiger charge is 2.30. The zero-order valence-electron chi connectivity index (χ0n) is 11.3. The molecule has 0 spiro atoms. The summed E-state index contributed by atoms with van der Waals surface area (Å²) in [6.45, 7) is 3.15. The Balaban J connectivity index is 2.05. The van der Waals surface area contributed by atoms with Gasteiger partial charge in [0, 0.05) is 24.3 Å². The van der Waals surface area contributed by atoms with E-state index in [1.807, 2.05) is 0 Å². The molecule has 108 valence electrons. The molecule has 2 rings (SSSR count). The van der Waals surface area contributed by atoms with Gasteiger partial charge in [0.15, 0.2) is 0 Å². The summed E-state index contributed by atoms with van der Waals surface area (Å²) >= 11 is 5.86. The lowest BCUT2D eigenvalue weighted by Crippen LogP contribution is -2.43. The Morgan fingerprint density at radius 2 is 2.35 bits per heavy atom. The number of nitrogens with zero attached hydrogens (tertiary/aromatic N) is 2. The Labute approximate surface area is 122 Å². The van der Waals surface area contributed by atoms with E-state index in [4.69, 9.17) is 16.3 Å². The molecule has 0 saturated carbocycles. The molecule has 1 saturated heterocycles. The summed E-state index contributed by atoms with van der Waals surface area (Å²) in [7, 11) is 0. The Kier molecular flexibility index (Phi) is 4.95. The van der Waals surface area contributed by atoms with E-state index in [0.717, 1.165) is 12.8 Å². The van der Waals surface area contributed by atoms with Gasteiger partial charge in [0.25, 0.3) is 5.91 Å². The molecule has 2 heterocycles. The second-order valence-corrected chi connectivity index (χ2v) is 5.14. The molecule has 0 unspecified atom stereocenters. The third-order valence-electron chi connectivity index (χ3n) is 3.27. The van der Waals surface area contributed by atoms with Crippen molar-refractivity contribution < 1.29 is 14.3 Å². The fourth-order valence-electron chi connectivity index (χ4n) is 2.30. The van der Waals surface area contributed by atoms with Crippen molar-refractivity contribution in [1.82, 2.24) is 9.88 Å². The standard InChI is InChI=1S/C14H17ClN2O3/c1-2-20-14(19)10-4-3-7-17(9-10)13(18)12-8-11(15)5-6-16-12/h5-6,8,10H,2-4,7,9H2,1H3/t10-/m1/s1. The van der Waals surface area contributed by atoms with Crippen LogP contribution in [0.1, 0.15) is 30.3 Å². The summed E-state index contributed by atoms with van der Waals surface area (Å²) in [6.07, 6.45) is 3.05. The quantitative estimate of drug-likeness (QED) is 0.802. The van der Waals surface area contributed by atoms with Gasteiger partial charge in [-0.3, -0.25) is 14.6 Å². The summed E-state index contributed by atoms with van der Waals surface area (Å²) in [6, 6.07) is 3.16. The number of rotatable bonds is 3. The lowest BCUT2D eigenvalue weighted by Gasteiger charge is -2.31. The second-order valence-electron chi connectivity index (χ2n) is 4.70. The minimum Gasteiger partial charge on any atom is -0.466 e. The lowest BCUT2D eigenvalue weighted by molar-refractivity contribution is -0.149. The molecule has 6 heteroatoms. The lowest BCUT2D eigenvalue weighted by atomic mass is 9.98. The molecule has 1 aromatic rings. The molecular weight excluding hydrogens is 280 g/mol. The van der Waals surface area contributed by atoms with Crippen molar-refractivity contribution in [1.29, 1.82) is 0 Å². The highest BCUT2D eigenvalue weighted by molar-refractivity contribution is 6.30. The first-order chi connectivity index (χ1) is 9.61. The van der Waals surface area contributed by atoms with Gasteiger partial charge in [-0.05, 0) is 31.9 Å². The summed E-state index contributed by atoms with van der Waals surface area (Å²) in [5.41, 5.74) is 0.307. The monoisotopic (exact) mass is 296 g/mol. The Hall–Kier alpha value is -1.62. The van der Waals surface area contributed by atoms with Crippen molar-refractivity contribution in [3.8, 4) is 0 Å². The number of ether oxygens (including phenoxy) is 1. The third kappa shape index (κ3) is 3.48. The van der Waals surface area contributed by atoms with Crippen molar-refractivity contribution in [2.75, 3.05) is 19.7 Å². The normalized spacial score (nSPS) is 18.7. The molecular formula is C14H17ClN2O3. The van der Waals surface area contributed by atoms with Gasteiger partial charge in [0.2, 0.25) is 0 Å². The maximum atomic E-state index is 12.3. The van der Waals surface area contributed by atoms with Crippen LogP contribution < -0.4 is 0 Å². The molecule has 1 atom stereocenters. The van der Waals surface area contributed by atoms with Gasteiger partial charge < -0.3 is 9.64 Å². The molecule has 1 aliphatic rings. The predicted molar refractivity (Wildman–Crippen MR) is 74.5 cm³/mol. The van der Waals surface area contributed by atoms with E-state index in [1.54, 1.807) is 17.9 Å². The Bertz CT molecular complexity index is 507. The van der Waals surface area contributed by atoms with Crippen LogP contribution in [0, 0.1) is 5.92 Å². The van der Waals surface area contributed by atoms with Crippen LogP contribution in [0.4, 0.5) is 0 Å². The maximum Gasteiger partial charge on any atom is 0.310 e. The number of piperidine rings is 1. The van der Waals surface area contributed by atoms with Crippen LogP contribution in [0.25, 0.3) is 0 Å². The number of carbonyl (C=O) groups excluding carboxylic acids is 2. The fraction of sp³-hybridized carbons (Fsp3) is 0.500. The number of esters is 1. The van der Waals surface area contributed by atoms with Gasteiger partial charge in [0.05, 0.1) is 12.5 Å². The molecule has 5 nitrogen and oxygen atoms in total. The van der Waals surface area contributed by atoms with Crippen LogP contribution in [0.15, 0.2) is 18.3 Å². The number of carbonyl (C=O) groups is 2.